The second-order valence-electron chi connectivity index (χ2n) is 8.52. The first-order valence-electron chi connectivity index (χ1n) is 10.7. The molecular formula is C22H28F3N5O2. The molecule has 0 bridgehead atoms. The average molecular weight is 451 g/mol. The molecule has 32 heavy (non-hydrogen) atoms. The zero-order valence-corrected chi connectivity index (χ0v) is 17.9. The minimum absolute atomic E-state index is 0.0801. The van der Waals surface area contributed by atoms with Gasteiger partial charge in [-0.15, -0.1) is 0 Å². The van der Waals surface area contributed by atoms with Crippen LogP contribution in [0.15, 0.2) is 24.3 Å². The van der Waals surface area contributed by atoms with E-state index in [1.165, 1.54) is 17.0 Å². The van der Waals surface area contributed by atoms with Crippen LogP contribution in [0.25, 0.3) is 0 Å². The third-order valence-corrected chi connectivity index (χ3v) is 6.26. The number of nitriles is 1. The summed E-state index contributed by atoms with van der Waals surface area (Å²) in [5.41, 5.74) is 6.14. The predicted molar refractivity (Wildman–Crippen MR) is 111 cm³/mol. The van der Waals surface area contributed by atoms with Crippen LogP contribution in [0.4, 0.5) is 13.2 Å². The number of aldehydes is 1. The van der Waals surface area contributed by atoms with Gasteiger partial charge in [-0.1, -0.05) is 12.1 Å². The van der Waals surface area contributed by atoms with Gasteiger partial charge in [0.2, 0.25) is 5.91 Å². The molecule has 2 aliphatic heterocycles. The summed E-state index contributed by atoms with van der Waals surface area (Å²) in [7, 11) is 0. The van der Waals surface area contributed by atoms with Gasteiger partial charge in [0, 0.05) is 31.7 Å². The highest BCUT2D eigenvalue weighted by molar-refractivity contribution is 5.83. The Morgan fingerprint density at radius 3 is 2.66 bits per heavy atom. The molecule has 2 fully saturated rings. The van der Waals surface area contributed by atoms with Crippen LogP contribution in [0.3, 0.4) is 0 Å². The number of rotatable bonds is 7. The number of hydrogen-bond donors (Lipinski definition) is 2. The molecule has 2 aliphatic rings. The Bertz CT molecular complexity index is 855. The number of nitrogens with two attached hydrogens (primary N) is 1. The van der Waals surface area contributed by atoms with Crippen molar-refractivity contribution in [3.63, 3.8) is 0 Å². The topological polar surface area (TPSA) is 102 Å². The first-order valence-corrected chi connectivity index (χ1v) is 10.7. The van der Waals surface area contributed by atoms with Crippen LogP contribution in [0.1, 0.15) is 43.4 Å². The molecule has 7 nitrogen and oxygen atoms in total. The molecule has 2 saturated heterocycles. The Labute approximate surface area is 185 Å². The summed E-state index contributed by atoms with van der Waals surface area (Å²) < 4.78 is 38.3. The normalized spacial score (nSPS) is 26.0. The van der Waals surface area contributed by atoms with Crippen LogP contribution >= 0.6 is 0 Å². The zero-order chi connectivity index (χ0) is 23.5. The van der Waals surface area contributed by atoms with Gasteiger partial charge in [-0.3, -0.25) is 9.69 Å². The van der Waals surface area contributed by atoms with Gasteiger partial charge in [0.05, 0.1) is 23.7 Å². The smallest absolute Gasteiger partial charge is 0.325 e. The number of nitrogens with zero attached hydrogens (tertiary/aromatic N) is 3. The first-order chi connectivity index (χ1) is 15.1. The lowest BCUT2D eigenvalue weighted by Crippen LogP contribution is -2.52. The number of carbonyl (C=O) groups is 2. The van der Waals surface area contributed by atoms with Crippen molar-refractivity contribution in [3.05, 3.63) is 35.4 Å². The summed E-state index contributed by atoms with van der Waals surface area (Å²) in [6.45, 7) is 3.04. The fraction of sp³-hybridized carbons (Fsp3) is 0.591. The van der Waals surface area contributed by atoms with Crippen molar-refractivity contribution < 1.29 is 22.8 Å². The molecule has 1 aromatic carbocycles. The summed E-state index contributed by atoms with van der Waals surface area (Å²) in [5.74, 6) is -0.284. The van der Waals surface area contributed by atoms with E-state index in [-0.39, 0.29) is 24.5 Å². The number of halogens is 3. The van der Waals surface area contributed by atoms with Gasteiger partial charge < -0.3 is 20.7 Å². The summed E-state index contributed by atoms with van der Waals surface area (Å²) in [6.07, 6.45) is -1.62. The highest BCUT2D eigenvalue weighted by Crippen LogP contribution is 2.30. The van der Waals surface area contributed by atoms with Crippen LogP contribution in [-0.2, 0) is 15.8 Å². The molecule has 10 heteroatoms. The SMILES string of the molecule is CC(NC1CC(C=O)N(CC(N)C(=O)N2CCCC2C#N)C1)c1ccc(C(F)(F)F)cc1. The maximum absolute atomic E-state index is 12.8. The highest BCUT2D eigenvalue weighted by Gasteiger charge is 2.37. The van der Waals surface area contributed by atoms with E-state index in [9.17, 15) is 28.0 Å². The lowest BCUT2D eigenvalue weighted by atomic mass is 10.0. The van der Waals surface area contributed by atoms with Crippen LogP contribution in [-0.4, -0.2) is 65.8 Å². The number of nitrogens with one attached hydrogen (secondary N) is 1. The molecule has 0 saturated carbocycles. The lowest BCUT2D eigenvalue weighted by molar-refractivity contribution is -0.137. The van der Waals surface area contributed by atoms with Crippen molar-refractivity contribution in [2.24, 2.45) is 5.73 Å². The van der Waals surface area contributed by atoms with Crippen molar-refractivity contribution in [1.82, 2.24) is 15.1 Å². The molecule has 0 spiro atoms. The number of benzene rings is 1. The Kier molecular flexibility index (Phi) is 7.54. The van der Waals surface area contributed by atoms with Crippen molar-refractivity contribution >= 4 is 12.2 Å². The number of carbonyl (C=O) groups excluding carboxylic acids is 2. The molecule has 3 rings (SSSR count). The number of amides is 1. The molecule has 1 amide bonds. The van der Waals surface area contributed by atoms with Crippen LogP contribution in [0.2, 0.25) is 0 Å². The molecule has 0 aromatic heterocycles. The fourth-order valence-corrected chi connectivity index (χ4v) is 4.52. The van der Waals surface area contributed by atoms with Gasteiger partial charge in [-0.2, -0.15) is 18.4 Å². The molecule has 2 heterocycles. The molecule has 0 aliphatic carbocycles. The van der Waals surface area contributed by atoms with Crippen LogP contribution in [0.5, 0.6) is 0 Å². The monoisotopic (exact) mass is 451 g/mol. The van der Waals surface area contributed by atoms with Crippen LogP contribution in [0, 0.1) is 11.3 Å². The summed E-state index contributed by atoms with van der Waals surface area (Å²) in [6, 6.07) is 5.14. The number of likely N-dealkylation sites (tertiary alicyclic amines) is 2. The third-order valence-electron chi connectivity index (χ3n) is 6.26. The van der Waals surface area contributed by atoms with Crippen LogP contribution < -0.4 is 11.1 Å². The van der Waals surface area contributed by atoms with E-state index in [1.54, 1.807) is 0 Å². The van der Waals surface area contributed by atoms with Gasteiger partial charge in [0.1, 0.15) is 12.3 Å². The average Bonchev–Trinajstić information content (AvgIpc) is 3.39. The predicted octanol–water partition coefficient (Wildman–Crippen LogP) is 1.84. The maximum Gasteiger partial charge on any atom is 0.416 e. The van der Waals surface area contributed by atoms with Crippen molar-refractivity contribution in [2.45, 2.75) is 62.6 Å². The molecule has 0 radical (unpaired) electrons. The second-order valence-corrected chi connectivity index (χ2v) is 8.52. The number of hydrogen-bond acceptors (Lipinski definition) is 6. The minimum Gasteiger partial charge on any atom is -0.325 e. The van der Waals surface area contributed by atoms with Gasteiger partial charge in [0.25, 0.3) is 0 Å². The van der Waals surface area contributed by atoms with Gasteiger partial charge >= 0.3 is 6.18 Å². The van der Waals surface area contributed by atoms with Crippen molar-refractivity contribution in [2.75, 3.05) is 19.6 Å². The quantitative estimate of drug-likeness (QED) is 0.614. The van der Waals surface area contributed by atoms with E-state index in [1.807, 2.05) is 11.8 Å². The van der Waals surface area contributed by atoms with Gasteiger partial charge in [-0.05, 0) is 43.9 Å². The van der Waals surface area contributed by atoms with E-state index in [4.69, 9.17) is 5.73 Å². The van der Waals surface area contributed by atoms with E-state index in [0.29, 0.717) is 31.5 Å². The Hall–Kier alpha value is -2.48. The highest BCUT2D eigenvalue weighted by atomic mass is 19.4. The lowest BCUT2D eigenvalue weighted by Gasteiger charge is -2.28. The third kappa shape index (κ3) is 5.46. The molecule has 5 unspecified atom stereocenters. The van der Waals surface area contributed by atoms with E-state index in [2.05, 4.69) is 11.4 Å². The maximum atomic E-state index is 12.8. The first kappa shape index (κ1) is 24.2. The van der Waals surface area contributed by atoms with Crippen molar-refractivity contribution in [3.8, 4) is 6.07 Å². The van der Waals surface area contributed by atoms with Gasteiger partial charge in [-0.25, -0.2) is 0 Å². The van der Waals surface area contributed by atoms with Crippen molar-refractivity contribution in [1.29, 1.82) is 5.26 Å². The summed E-state index contributed by atoms with van der Waals surface area (Å²) in [4.78, 5) is 27.6. The molecule has 174 valence electrons. The zero-order valence-electron chi connectivity index (χ0n) is 17.9. The standard InChI is InChI=1S/C22H28F3N5O2/c1-14(15-4-6-16(7-5-15)22(23,24)25)28-17-9-19(13-31)29(11-17)12-20(27)21(32)30-8-2-3-18(30)10-26/h4-7,13-14,17-20,28H,2-3,8-9,11-12,27H2,1H3. The molecule has 1 aromatic rings. The Morgan fingerprint density at radius 1 is 1.38 bits per heavy atom. The summed E-state index contributed by atoms with van der Waals surface area (Å²) >= 11 is 0. The number of alkyl halides is 3. The van der Waals surface area contributed by atoms with E-state index >= 15 is 0 Å². The molecular weight excluding hydrogens is 423 g/mol. The second kappa shape index (κ2) is 9.98. The Balaban J connectivity index is 1.57. The fourth-order valence-electron chi connectivity index (χ4n) is 4.52. The van der Waals surface area contributed by atoms with E-state index < -0.39 is 29.9 Å². The molecule has 5 atom stereocenters. The van der Waals surface area contributed by atoms with Gasteiger partial charge in [0.15, 0.2) is 0 Å². The van der Waals surface area contributed by atoms with E-state index in [0.717, 1.165) is 24.8 Å². The Morgan fingerprint density at radius 2 is 2.06 bits per heavy atom. The minimum atomic E-state index is -4.38. The largest absolute Gasteiger partial charge is 0.416 e. The summed E-state index contributed by atoms with van der Waals surface area (Å²) in [5, 5.41) is 12.6. The molecule has 3 N–H and O–H groups in total.